The van der Waals surface area contributed by atoms with Gasteiger partial charge in [0.2, 0.25) is 0 Å². The molecule has 0 aromatic rings. The van der Waals surface area contributed by atoms with E-state index in [1.165, 1.54) is 7.11 Å². The SMILES string of the molecule is CCCCC(OCCOCCOCCOC)C(=O)OC. The first kappa shape index (κ1) is 19.3. The van der Waals surface area contributed by atoms with Gasteiger partial charge < -0.3 is 23.7 Å². The predicted octanol–water partition coefficient (Wildman–Crippen LogP) is 1.41. The number of esters is 1. The van der Waals surface area contributed by atoms with E-state index in [1.54, 1.807) is 7.11 Å². The Morgan fingerprint density at radius 1 is 0.950 bits per heavy atom. The number of unbranched alkanes of at least 4 members (excludes halogenated alkanes) is 1. The normalized spacial score (nSPS) is 12.3. The number of hydrogen-bond acceptors (Lipinski definition) is 6. The summed E-state index contributed by atoms with van der Waals surface area (Å²) in [6, 6.07) is 0. The molecule has 0 aromatic carbocycles. The van der Waals surface area contributed by atoms with Gasteiger partial charge in [0.1, 0.15) is 0 Å². The third-order valence-electron chi connectivity index (χ3n) is 2.63. The first-order valence-corrected chi connectivity index (χ1v) is 7.10. The molecule has 120 valence electrons. The molecule has 1 atom stereocenters. The van der Waals surface area contributed by atoms with E-state index in [-0.39, 0.29) is 5.97 Å². The third kappa shape index (κ3) is 11.2. The van der Waals surface area contributed by atoms with E-state index in [0.717, 1.165) is 12.8 Å². The highest BCUT2D eigenvalue weighted by Crippen LogP contribution is 2.06. The minimum absolute atomic E-state index is 0.318. The van der Waals surface area contributed by atoms with Gasteiger partial charge in [-0.3, -0.25) is 0 Å². The highest BCUT2D eigenvalue weighted by molar-refractivity contribution is 5.74. The Labute approximate surface area is 121 Å². The van der Waals surface area contributed by atoms with Gasteiger partial charge in [0.15, 0.2) is 6.10 Å². The van der Waals surface area contributed by atoms with Crippen LogP contribution in [-0.2, 0) is 28.5 Å². The van der Waals surface area contributed by atoms with E-state index in [4.69, 9.17) is 23.7 Å². The number of carbonyl (C=O) groups is 1. The van der Waals surface area contributed by atoms with Gasteiger partial charge in [0.25, 0.3) is 0 Å². The van der Waals surface area contributed by atoms with Crippen LogP contribution in [0.15, 0.2) is 0 Å². The van der Waals surface area contributed by atoms with Crippen LogP contribution in [0.5, 0.6) is 0 Å². The molecule has 0 rings (SSSR count). The van der Waals surface area contributed by atoms with E-state index in [1.807, 2.05) is 0 Å². The molecule has 20 heavy (non-hydrogen) atoms. The molecular weight excluding hydrogens is 264 g/mol. The number of ether oxygens (including phenoxy) is 5. The molecule has 0 aliphatic heterocycles. The fraction of sp³-hybridized carbons (Fsp3) is 0.929. The van der Waals surface area contributed by atoms with Crippen LogP contribution in [0, 0.1) is 0 Å². The zero-order valence-electron chi connectivity index (χ0n) is 12.9. The van der Waals surface area contributed by atoms with Crippen LogP contribution in [0.2, 0.25) is 0 Å². The number of rotatable bonds is 14. The van der Waals surface area contributed by atoms with Gasteiger partial charge in [0.05, 0.1) is 46.8 Å². The molecule has 0 bridgehead atoms. The summed E-state index contributed by atoms with van der Waals surface area (Å²) in [5, 5.41) is 0. The average molecular weight is 292 g/mol. The molecular formula is C14H28O6. The van der Waals surface area contributed by atoms with Crippen LogP contribution in [0.1, 0.15) is 26.2 Å². The van der Waals surface area contributed by atoms with Gasteiger partial charge in [-0.05, 0) is 6.42 Å². The van der Waals surface area contributed by atoms with Gasteiger partial charge >= 0.3 is 5.97 Å². The molecule has 0 aliphatic rings. The van der Waals surface area contributed by atoms with Crippen LogP contribution >= 0.6 is 0 Å². The minimum atomic E-state index is -0.485. The highest BCUT2D eigenvalue weighted by atomic mass is 16.6. The van der Waals surface area contributed by atoms with Crippen molar-refractivity contribution >= 4 is 5.97 Å². The summed E-state index contributed by atoms with van der Waals surface area (Å²) in [5.41, 5.74) is 0. The van der Waals surface area contributed by atoms with Crippen LogP contribution in [0.3, 0.4) is 0 Å². The van der Waals surface area contributed by atoms with E-state index >= 15 is 0 Å². The van der Waals surface area contributed by atoms with Crippen molar-refractivity contribution in [2.45, 2.75) is 32.3 Å². The van der Waals surface area contributed by atoms with Gasteiger partial charge in [-0.2, -0.15) is 0 Å². The topological polar surface area (TPSA) is 63.2 Å². The molecule has 0 aliphatic carbocycles. The van der Waals surface area contributed by atoms with Crippen molar-refractivity contribution in [3.05, 3.63) is 0 Å². The Morgan fingerprint density at radius 2 is 1.55 bits per heavy atom. The maximum Gasteiger partial charge on any atom is 0.334 e. The molecule has 6 nitrogen and oxygen atoms in total. The number of methoxy groups -OCH3 is 2. The molecule has 0 spiro atoms. The lowest BCUT2D eigenvalue weighted by molar-refractivity contribution is -0.155. The van der Waals surface area contributed by atoms with Crippen molar-refractivity contribution < 1.29 is 28.5 Å². The fourth-order valence-electron chi connectivity index (χ4n) is 1.50. The Balaban J connectivity index is 3.50. The van der Waals surface area contributed by atoms with Crippen LogP contribution in [0.25, 0.3) is 0 Å². The Bertz CT molecular complexity index is 222. The fourth-order valence-corrected chi connectivity index (χ4v) is 1.50. The molecule has 6 heteroatoms. The highest BCUT2D eigenvalue weighted by Gasteiger charge is 2.18. The second-order valence-electron chi connectivity index (χ2n) is 4.24. The molecule has 0 heterocycles. The quantitative estimate of drug-likeness (QED) is 0.356. The third-order valence-corrected chi connectivity index (χ3v) is 2.63. The van der Waals surface area contributed by atoms with Gasteiger partial charge in [-0.25, -0.2) is 4.79 Å². The van der Waals surface area contributed by atoms with Crippen molar-refractivity contribution in [2.24, 2.45) is 0 Å². The molecule has 0 saturated heterocycles. The molecule has 0 fully saturated rings. The van der Waals surface area contributed by atoms with E-state index in [0.29, 0.717) is 46.1 Å². The lowest BCUT2D eigenvalue weighted by Gasteiger charge is -2.15. The van der Waals surface area contributed by atoms with E-state index < -0.39 is 6.10 Å². The molecule has 0 radical (unpaired) electrons. The number of carbonyl (C=O) groups excluding carboxylic acids is 1. The largest absolute Gasteiger partial charge is 0.467 e. The van der Waals surface area contributed by atoms with Crippen molar-refractivity contribution in [1.29, 1.82) is 0 Å². The van der Waals surface area contributed by atoms with Crippen LogP contribution in [0.4, 0.5) is 0 Å². The summed E-state index contributed by atoms with van der Waals surface area (Å²) in [6.07, 6.45) is 2.16. The summed E-state index contributed by atoms with van der Waals surface area (Å²) in [5.74, 6) is -0.318. The maximum absolute atomic E-state index is 11.5. The monoisotopic (exact) mass is 292 g/mol. The van der Waals surface area contributed by atoms with Crippen molar-refractivity contribution in [2.75, 3.05) is 53.9 Å². The molecule has 1 unspecified atom stereocenters. The molecule has 0 amide bonds. The first-order valence-electron chi connectivity index (χ1n) is 7.10. The summed E-state index contributed by atoms with van der Waals surface area (Å²) >= 11 is 0. The van der Waals surface area contributed by atoms with Crippen molar-refractivity contribution in [3.63, 3.8) is 0 Å². The van der Waals surface area contributed by atoms with Gasteiger partial charge in [-0.15, -0.1) is 0 Å². The molecule has 0 saturated carbocycles. The van der Waals surface area contributed by atoms with E-state index in [9.17, 15) is 4.79 Å². The first-order chi connectivity index (χ1) is 9.76. The second kappa shape index (κ2) is 14.7. The van der Waals surface area contributed by atoms with Gasteiger partial charge in [-0.1, -0.05) is 19.8 Å². The summed E-state index contributed by atoms with van der Waals surface area (Å²) in [7, 11) is 3.01. The van der Waals surface area contributed by atoms with Crippen LogP contribution in [-0.4, -0.2) is 65.9 Å². The predicted molar refractivity (Wildman–Crippen MR) is 74.8 cm³/mol. The summed E-state index contributed by atoms with van der Waals surface area (Å²) in [4.78, 5) is 11.5. The summed E-state index contributed by atoms with van der Waals surface area (Å²) in [6.45, 7) is 5.07. The zero-order valence-corrected chi connectivity index (χ0v) is 12.9. The Morgan fingerprint density at radius 3 is 2.10 bits per heavy atom. The standard InChI is InChI=1S/C14H28O6/c1-4-5-6-13(14(15)17-3)20-12-11-19-10-9-18-8-7-16-2/h13H,4-12H2,1-3H3. The summed E-state index contributed by atoms with van der Waals surface area (Å²) < 4.78 is 25.6. The lowest BCUT2D eigenvalue weighted by atomic mass is 10.1. The minimum Gasteiger partial charge on any atom is -0.467 e. The number of hydrogen-bond donors (Lipinski definition) is 0. The molecule has 0 aromatic heterocycles. The smallest absolute Gasteiger partial charge is 0.334 e. The van der Waals surface area contributed by atoms with E-state index in [2.05, 4.69) is 6.92 Å². The lowest BCUT2D eigenvalue weighted by Crippen LogP contribution is -2.27. The maximum atomic E-state index is 11.5. The van der Waals surface area contributed by atoms with Gasteiger partial charge in [0, 0.05) is 7.11 Å². The average Bonchev–Trinajstić information content (AvgIpc) is 2.47. The Kier molecular flexibility index (Phi) is 14.2. The Hall–Kier alpha value is -0.690. The molecule has 0 N–H and O–H groups in total. The zero-order chi connectivity index (χ0) is 15.1. The van der Waals surface area contributed by atoms with Crippen LogP contribution < -0.4 is 0 Å². The second-order valence-corrected chi connectivity index (χ2v) is 4.24. The van der Waals surface area contributed by atoms with Crippen molar-refractivity contribution in [3.8, 4) is 0 Å². The van der Waals surface area contributed by atoms with Crippen molar-refractivity contribution in [1.82, 2.24) is 0 Å².